The lowest BCUT2D eigenvalue weighted by Gasteiger charge is -2.35. The van der Waals surface area contributed by atoms with Gasteiger partial charge in [0, 0.05) is 30.6 Å². The number of nitrogens with zero attached hydrogens (tertiary/aromatic N) is 3. The number of aliphatic imine (C=N–C) groups is 1. The number of likely N-dealkylation sites (tertiary alicyclic amines) is 1. The number of hydrogen-bond acceptors (Lipinski definition) is 5. The van der Waals surface area contributed by atoms with Crippen molar-refractivity contribution in [3.05, 3.63) is 22.4 Å². The molecule has 3 atom stereocenters. The molecule has 3 saturated heterocycles. The Kier molecular flexibility index (Phi) is 9.49. The van der Waals surface area contributed by atoms with Gasteiger partial charge in [0.2, 0.25) is 0 Å². The van der Waals surface area contributed by atoms with Crippen molar-refractivity contribution in [1.29, 1.82) is 0 Å². The van der Waals surface area contributed by atoms with E-state index >= 15 is 0 Å². The normalized spacial score (nSPS) is 26.7. The maximum Gasteiger partial charge on any atom is 0.191 e. The van der Waals surface area contributed by atoms with Crippen LogP contribution >= 0.6 is 35.3 Å². The molecule has 4 heterocycles. The van der Waals surface area contributed by atoms with E-state index < -0.39 is 0 Å². The first-order valence-electron chi connectivity index (χ1n) is 11.0. The minimum absolute atomic E-state index is 0. The molecule has 8 heteroatoms. The summed E-state index contributed by atoms with van der Waals surface area (Å²) in [6.07, 6.45) is 5.48. The van der Waals surface area contributed by atoms with Gasteiger partial charge in [0.25, 0.3) is 0 Å². The van der Waals surface area contributed by atoms with Crippen molar-refractivity contribution in [3.63, 3.8) is 0 Å². The molecule has 0 spiro atoms. The number of rotatable bonds is 7. The van der Waals surface area contributed by atoms with Crippen LogP contribution in [0.5, 0.6) is 0 Å². The average molecular weight is 534 g/mol. The van der Waals surface area contributed by atoms with Gasteiger partial charge in [-0.05, 0) is 63.7 Å². The fraction of sp³-hybridized carbons (Fsp3) is 0.762. The van der Waals surface area contributed by atoms with Crippen LogP contribution in [0.15, 0.2) is 22.5 Å². The zero-order valence-electron chi connectivity index (χ0n) is 17.5. The molecule has 0 aliphatic carbocycles. The molecule has 3 aliphatic heterocycles. The van der Waals surface area contributed by atoms with Crippen LogP contribution in [-0.4, -0.2) is 80.3 Å². The first-order chi connectivity index (χ1) is 13.8. The van der Waals surface area contributed by atoms with Crippen molar-refractivity contribution in [3.8, 4) is 0 Å². The summed E-state index contributed by atoms with van der Waals surface area (Å²) in [5, 5.41) is 9.13. The summed E-state index contributed by atoms with van der Waals surface area (Å²) in [5.41, 5.74) is 0. The van der Waals surface area contributed by atoms with Crippen LogP contribution in [-0.2, 0) is 4.74 Å². The number of morpholine rings is 1. The van der Waals surface area contributed by atoms with Crippen LogP contribution in [0.3, 0.4) is 0 Å². The summed E-state index contributed by atoms with van der Waals surface area (Å²) in [4.78, 5) is 11.6. The molecule has 0 bridgehead atoms. The molecule has 0 aromatic carbocycles. The smallest absolute Gasteiger partial charge is 0.191 e. The van der Waals surface area contributed by atoms with E-state index in [1.807, 2.05) is 11.3 Å². The van der Waals surface area contributed by atoms with E-state index in [-0.39, 0.29) is 30.1 Å². The van der Waals surface area contributed by atoms with Crippen molar-refractivity contribution >= 4 is 41.3 Å². The van der Waals surface area contributed by atoms with Gasteiger partial charge >= 0.3 is 0 Å². The van der Waals surface area contributed by atoms with E-state index in [1.165, 1.54) is 50.2 Å². The summed E-state index contributed by atoms with van der Waals surface area (Å²) in [7, 11) is 0. The second-order valence-electron chi connectivity index (χ2n) is 8.12. The molecule has 1 aromatic rings. The molecule has 2 N–H and O–H groups in total. The van der Waals surface area contributed by atoms with Gasteiger partial charge in [-0.1, -0.05) is 6.07 Å². The molecular formula is C21H36IN5OS. The lowest BCUT2D eigenvalue weighted by molar-refractivity contribution is -0.0453. The van der Waals surface area contributed by atoms with Gasteiger partial charge in [-0.2, -0.15) is 0 Å². The van der Waals surface area contributed by atoms with Crippen LogP contribution in [0.25, 0.3) is 0 Å². The number of thiophene rings is 1. The molecule has 0 amide bonds. The number of guanidine groups is 1. The zero-order valence-corrected chi connectivity index (χ0v) is 20.7. The van der Waals surface area contributed by atoms with E-state index in [0.29, 0.717) is 12.1 Å². The van der Waals surface area contributed by atoms with Crippen LogP contribution < -0.4 is 10.6 Å². The van der Waals surface area contributed by atoms with Gasteiger partial charge in [-0.15, -0.1) is 35.3 Å². The van der Waals surface area contributed by atoms with Gasteiger partial charge in [-0.25, -0.2) is 0 Å². The summed E-state index contributed by atoms with van der Waals surface area (Å²) in [6.45, 7) is 10.2. The average Bonchev–Trinajstić information content (AvgIpc) is 3.48. The van der Waals surface area contributed by atoms with Gasteiger partial charge in [0.15, 0.2) is 5.96 Å². The number of nitrogens with one attached hydrogen (secondary N) is 2. The molecule has 29 heavy (non-hydrogen) atoms. The van der Waals surface area contributed by atoms with Crippen molar-refractivity contribution in [2.24, 2.45) is 4.99 Å². The van der Waals surface area contributed by atoms with E-state index in [0.717, 1.165) is 38.7 Å². The van der Waals surface area contributed by atoms with Crippen molar-refractivity contribution < 1.29 is 4.74 Å². The third kappa shape index (κ3) is 6.29. The lowest BCUT2D eigenvalue weighted by Crippen LogP contribution is -2.51. The van der Waals surface area contributed by atoms with Gasteiger partial charge in [0.1, 0.15) is 0 Å². The van der Waals surface area contributed by atoms with E-state index in [2.05, 4.69) is 44.9 Å². The number of ether oxygens (including phenoxy) is 1. The summed E-state index contributed by atoms with van der Waals surface area (Å²) in [5.74, 6) is 0.912. The Labute approximate surface area is 196 Å². The zero-order chi connectivity index (χ0) is 19.2. The first-order valence-corrected chi connectivity index (χ1v) is 11.9. The van der Waals surface area contributed by atoms with E-state index in [1.54, 1.807) is 0 Å². The summed E-state index contributed by atoms with van der Waals surface area (Å²) < 4.78 is 6.09. The van der Waals surface area contributed by atoms with E-state index in [4.69, 9.17) is 9.73 Å². The van der Waals surface area contributed by atoms with Crippen LogP contribution in [0.2, 0.25) is 0 Å². The highest BCUT2D eigenvalue weighted by Crippen LogP contribution is 2.28. The molecule has 164 valence electrons. The molecule has 0 radical (unpaired) electrons. The summed E-state index contributed by atoms with van der Waals surface area (Å²) in [6, 6.07) is 5.47. The SMILES string of the molecule is CCNC(=NCC(c1cccs1)N1CCCC1)NCC1CN2CCCC2CO1.I. The highest BCUT2D eigenvalue weighted by molar-refractivity contribution is 14.0. The largest absolute Gasteiger partial charge is 0.373 e. The maximum absolute atomic E-state index is 6.09. The first kappa shape index (κ1) is 23.2. The quantitative estimate of drug-likeness (QED) is 0.321. The summed E-state index contributed by atoms with van der Waals surface area (Å²) >= 11 is 1.85. The topological polar surface area (TPSA) is 52.1 Å². The Morgan fingerprint density at radius 1 is 1.28 bits per heavy atom. The van der Waals surface area contributed by atoms with Crippen LogP contribution in [0.4, 0.5) is 0 Å². The third-order valence-corrected chi connectivity index (χ3v) is 7.15. The fourth-order valence-corrected chi connectivity index (χ4v) is 5.51. The predicted octanol–water partition coefficient (Wildman–Crippen LogP) is 2.92. The second kappa shape index (κ2) is 11.8. The highest BCUT2D eigenvalue weighted by atomic mass is 127. The van der Waals surface area contributed by atoms with Gasteiger partial charge in [0.05, 0.1) is 25.3 Å². The second-order valence-corrected chi connectivity index (χ2v) is 9.10. The van der Waals surface area contributed by atoms with Crippen molar-refractivity contribution in [2.45, 2.75) is 50.8 Å². The lowest BCUT2D eigenvalue weighted by atomic mass is 10.2. The Bertz CT molecular complexity index is 623. The molecule has 3 fully saturated rings. The van der Waals surface area contributed by atoms with Crippen molar-refractivity contribution in [1.82, 2.24) is 20.4 Å². The van der Waals surface area contributed by atoms with Gasteiger partial charge < -0.3 is 15.4 Å². The fourth-order valence-electron chi connectivity index (χ4n) is 4.66. The Hall–Kier alpha value is -0.420. The van der Waals surface area contributed by atoms with Gasteiger partial charge in [-0.3, -0.25) is 14.8 Å². The minimum atomic E-state index is 0. The standard InChI is InChI=1S/C21H35N5OS.HI/c1-2-22-21(23-13-18-15-26-11-5-7-17(26)16-27-18)24-14-19(20-8-6-12-28-20)25-9-3-4-10-25;/h6,8,12,17-19H,2-5,7,9-11,13-16H2,1H3,(H2,22,23,24);1H. The number of fused-ring (bicyclic) bond motifs is 1. The molecule has 6 nitrogen and oxygen atoms in total. The van der Waals surface area contributed by atoms with E-state index in [9.17, 15) is 0 Å². The highest BCUT2D eigenvalue weighted by Gasteiger charge is 2.32. The number of halogens is 1. The molecular weight excluding hydrogens is 497 g/mol. The Balaban J connectivity index is 0.00000240. The molecule has 3 aliphatic rings. The Morgan fingerprint density at radius 2 is 2.14 bits per heavy atom. The molecule has 4 rings (SSSR count). The van der Waals surface area contributed by atoms with Crippen molar-refractivity contribution in [2.75, 3.05) is 52.4 Å². The molecule has 0 saturated carbocycles. The van der Waals surface area contributed by atoms with Crippen LogP contribution in [0, 0.1) is 0 Å². The Morgan fingerprint density at radius 3 is 2.90 bits per heavy atom. The van der Waals surface area contributed by atoms with Crippen LogP contribution in [0.1, 0.15) is 43.5 Å². The molecule has 1 aromatic heterocycles. The maximum atomic E-state index is 6.09. The molecule has 3 unspecified atom stereocenters. The third-order valence-electron chi connectivity index (χ3n) is 6.18. The monoisotopic (exact) mass is 533 g/mol. The minimum Gasteiger partial charge on any atom is -0.373 e. The number of hydrogen-bond donors (Lipinski definition) is 2. The predicted molar refractivity (Wildman–Crippen MR) is 132 cm³/mol.